The number of benzene rings is 2. The van der Waals surface area contributed by atoms with Crippen molar-refractivity contribution >= 4 is 29.1 Å². The van der Waals surface area contributed by atoms with Gasteiger partial charge in [-0.1, -0.05) is 48.0 Å². The number of carbonyl (C=O) groups is 2. The molecule has 2 N–H and O–H groups in total. The molecule has 0 radical (unpaired) electrons. The summed E-state index contributed by atoms with van der Waals surface area (Å²) >= 11 is 6.66. The summed E-state index contributed by atoms with van der Waals surface area (Å²) in [6.45, 7) is 3.74. The predicted octanol–water partition coefficient (Wildman–Crippen LogP) is 6.05. The number of nitrogens with zero attached hydrogens (tertiary/aromatic N) is 1. The summed E-state index contributed by atoms with van der Waals surface area (Å²) in [5.74, 6) is 0.362. The molecule has 188 valence electrons. The Kier molecular flexibility index (Phi) is 6.85. The summed E-state index contributed by atoms with van der Waals surface area (Å²) in [6.07, 6.45) is 1.00. The second-order valence-electron chi connectivity index (χ2n) is 9.43. The number of ketones is 1. The minimum Gasteiger partial charge on any atom is -0.497 e. The highest BCUT2D eigenvalue weighted by atomic mass is 35.5. The number of hydrogen-bond acceptors (Lipinski definition) is 5. The molecule has 0 saturated heterocycles. The fraction of sp³-hybridized carbons (Fsp3) is 0.233. The topological polar surface area (TPSA) is 80.3 Å². The van der Waals surface area contributed by atoms with Gasteiger partial charge in [0.1, 0.15) is 11.6 Å². The number of methoxy groups -OCH3 is 1. The largest absolute Gasteiger partial charge is 0.497 e. The molecule has 1 aromatic heterocycles. The quantitative estimate of drug-likeness (QED) is 0.434. The van der Waals surface area contributed by atoms with E-state index in [9.17, 15) is 9.59 Å². The number of allylic oxidation sites excluding steroid dienone is 3. The minimum absolute atomic E-state index is 0.00553. The SMILES string of the molecule is COc1ccc(C2CC(=O)C3=C(C2)NC(C)=C(C(=O)Nc2cccc(C)n2)C3c2ccccc2Cl)cc1. The van der Waals surface area contributed by atoms with E-state index in [4.69, 9.17) is 16.3 Å². The summed E-state index contributed by atoms with van der Waals surface area (Å²) in [4.78, 5) is 31.9. The molecule has 0 bridgehead atoms. The van der Waals surface area contributed by atoms with Crippen LogP contribution in [0.15, 0.2) is 89.3 Å². The van der Waals surface area contributed by atoms with Gasteiger partial charge in [0.2, 0.25) is 0 Å². The summed E-state index contributed by atoms with van der Waals surface area (Å²) in [6, 6.07) is 20.7. The molecule has 1 aliphatic carbocycles. The van der Waals surface area contributed by atoms with Crippen molar-refractivity contribution in [3.8, 4) is 5.75 Å². The summed E-state index contributed by atoms with van der Waals surface area (Å²) < 4.78 is 5.29. The Morgan fingerprint density at radius 2 is 1.78 bits per heavy atom. The Labute approximate surface area is 221 Å². The Morgan fingerprint density at radius 1 is 1.03 bits per heavy atom. The Morgan fingerprint density at radius 3 is 2.49 bits per heavy atom. The number of amides is 1. The molecule has 37 heavy (non-hydrogen) atoms. The number of pyridine rings is 1. The maximum absolute atomic E-state index is 13.8. The van der Waals surface area contributed by atoms with Crippen LogP contribution >= 0.6 is 11.6 Å². The first-order valence-electron chi connectivity index (χ1n) is 12.2. The molecular formula is C30H28ClN3O3. The van der Waals surface area contributed by atoms with Gasteiger partial charge in [0.15, 0.2) is 5.78 Å². The molecule has 1 amide bonds. The van der Waals surface area contributed by atoms with Gasteiger partial charge in [0.25, 0.3) is 5.91 Å². The van der Waals surface area contributed by atoms with Crippen LogP contribution in [0.4, 0.5) is 5.82 Å². The lowest BCUT2D eigenvalue weighted by molar-refractivity contribution is -0.116. The van der Waals surface area contributed by atoms with E-state index in [2.05, 4.69) is 15.6 Å². The highest BCUT2D eigenvalue weighted by molar-refractivity contribution is 6.31. The van der Waals surface area contributed by atoms with Gasteiger partial charge in [-0.15, -0.1) is 0 Å². The number of dihydropyridines is 1. The third-order valence-corrected chi connectivity index (χ3v) is 7.35. The van der Waals surface area contributed by atoms with Crippen LogP contribution < -0.4 is 15.4 Å². The van der Waals surface area contributed by atoms with Gasteiger partial charge < -0.3 is 15.4 Å². The first-order chi connectivity index (χ1) is 17.9. The van der Waals surface area contributed by atoms with Crippen molar-refractivity contribution in [3.63, 3.8) is 0 Å². The Balaban J connectivity index is 1.55. The number of anilines is 1. The summed E-state index contributed by atoms with van der Waals surface area (Å²) in [5, 5.41) is 6.84. The van der Waals surface area contributed by atoms with Crippen molar-refractivity contribution in [1.82, 2.24) is 10.3 Å². The molecule has 0 spiro atoms. The third-order valence-electron chi connectivity index (χ3n) is 7.01. The van der Waals surface area contributed by atoms with E-state index in [0.717, 1.165) is 28.3 Å². The minimum atomic E-state index is -0.584. The molecule has 2 aliphatic rings. The van der Waals surface area contributed by atoms with Gasteiger partial charge in [0, 0.05) is 45.6 Å². The molecule has 3 aromatic rings. The predicted molar refractivity (Wildman–Crippen MR) is 145 cm³/mol. The zero-order chi connectivity index (χ0) is 26.1. The van der Waals surface area contributed by atoms with Crippen molar-refractivity contribution in [1.29, 1.82) is 0 Å². The molecule has 2 aromatic carbocycles. The van der Waals surface area contributed by atoms with Gasteiger partial charge >= 0.3 is 0 Å². The van der Waals surface area contributed by atoms with Crippen molar-refractivity contribution in [2.24, 2.45) is 0 Å². The molecule has 2 heterocycles. The van der Waals surface area contributed by atoms with Gasteiger partial charge in [-0.3, -0.25) is 9.59 Å². The maximum atomic E-state index is 13.8. The fourth-order valence-corrected chi connectivity index (χ4v) is 5.51. The zero-order valence-corrected chi connectivity index (χ0v) is 21.7. The van der Waals surface area contributed by atoms with E-state index < -0.39 is 5.92 Å². The van der Waals surface area contributed by atoms with E-state index >= 15 is 0 Å². The highest BCUT2D eigenvalue weighted by Gasteiger charge is 2.41. The molecule has 1 aliphatic heterocycles. The number of ether oxygens (including phenoxy) is 1. The average Bonchev–Trinajstić information content (AvgIpc) is 2.88. The van der Waals surface area contributed by atoms with E-state index in [1.807, 2.05) is 68.4 Å². The van der Waals surface area contributed by atoms with Gasteiger partial charge in [-0.25, -0.2) is 4.98 Å². The lowest BCUT2D eigenvalue weighted by atomic mass is 9.71. The first kappa shape index (κ1) is 24.8. The average molecular weight is 514 g/mol. The number of rotatable bonds is 5. The Bertz CT molecular complexity index is 1440. The molecule has 6 nitrogen and oxygen atoms in total. The van der Waals surface area contributed by atoms with Crippen molar-refractivity contribution in [2.45, 2.75) is 38.5 Å². The van der Waals surface area contributed by atoms with Crippen LogP contribution in [0, 0.1) is 6.92 Å². The number of Topliss-reactive ketones (excluding diaryl/α,β-unsaturated/α-hetero) is 1. The van der Waals surface area contributed by atoms with Gasteiger partial charge in [0.05, 0.1) is 7.11 Å². The number of nitrogens with one attached hydrogen (secondary N) is 2. The van der Waals surface area contributed by atoms with Crippen molar-refractivity contribution in [3.05, 3.63) is 111 Å². The van der Waals surface area contributed by atoms with Crippen LogP contribution in [0.2, 0.25) is 5.02 Å². The number of aromatic nitrogens is 1. The van der Waals surface area contributed by atoms with E-state index in [-0.39, 0.29) is 17.6 Å². The van der Waals surface area contributed by atoms with E-state index in [0.29, 0.717) is 40.5 Å². The van der Waals surface area contributed by atoms with E-state index in [1.54, 1.807) is 19.2 Å². The molecule has 0 fully saturated rings. The number of carbonyl (C=O) groups excluding carboxylic acids is 2. The number of hydrogen-bond donors (Lipinski definition) is 2. The normalized spacial score (nSPS) is 19.3. The van der Waals surface area contributed by atoms with Crippen molar-refractivity contribution in [2.75, 3.05) is 12.4 Å². The van der Waals surface area contributed by atoms with E-state index in [1.165, 1.54) is 0 Å². The molecule has 2 atom stereocenters. The summed E-state index contributed by atoms with van der Waals surface area (Å²) in [5.41, 5.74) is 5.20. The first-order valence-corrected chi connectivity index (χ1v) is 12.6. The van der Waals surface area contributed by atoms with Gasteiger partial charge in [-0.2, -0.15) is 0 Å². The lowest BCUT2D eigenvalue weighted by Crippen LogP contribution is -2.37. The van der Waals surface area contributed by atoms with Crippen molar-refractivity contribution < 1.29 is 14.3 Å². The molecule has 0 saturated carbocycles. The molecule has 5 rings (SSSR count). The fourth-order valence-electron chi connectivity index (χ4n) is 5.27. The van der Waals surface area contributed by atoms with Crippen LogP contribution in [-0.2, 0) is 9.59 Å². The third kappa shape index (κ3) is 4.89. The second-order valence-corrected chi connectivity index (χ2v) is 9.84. The maximum Gasteiger partial charge on any atom is 0.255 e. The lowest BCUT2D eigenvalue weighted by Gasteiger charge is -2.37. The van der Waals surface area contributed by atoms with Crippen LogP contribution in [0.1, 0.15) is 48.4 Å². The standard InChI is InChI=1S/C30H28ClN3O3/c1-17-7-6-10-26(32-17)34-30(36)27-18(2)33-24-15-20(19-11-13-21(37-3)14-12-19)16-25(35)29(24)28(27)22-8-4-5-9-23(22)31/h4-14,20,28,33H,15-16H2,1-3H3,(H,32,34,36). The Hall–Kier alpha value is -3.90. The van der Waals surface area contributed by atoms with Crippen LogP contribution in [0.5, 0.6) is 5.75 Å². The second kappa shape index (κ2) is 10.2. The summed E-state index contributed by atoms with van der Waals surface area (Å²) in [7, 11) is 1.63. The highest BCUT2D eigenvalue weighted by Crippen LogP contribution is 2.47. The zero-order valence-electron chi connectivity index (χ0n) is 21.0. The van der Waals surface area contributed by atoms with Crippen LogP contribution in [0.3, 0.4) is 0 Å². The van der Waals surface area contributed by atoms with Crippen LogP contribution in [-0.4, -0.2) is 23.8 Å². The number of aryl methyl sites for hydroxylation is 1. The molecule has 2 unspecified atom stereocenters. The van der Waals surface area contributed by atoms with Gasteiger partial charge in [-0.05, 0) is 67.6 Å². The monoisotopic (exact) mass is 513 g/mol. The molecular weight excluding hydrogens is 486 g/mol. The van der Waals surface area contributed by atoms with Crippen LogP contribution in [0.25, 0.3) is 0 Å². The smallest absolute Gasteiger partial charge is 0.255 e. The number of halogens is 1. The molecule has 7 heteroatoms.